The van der Waals surface area contributed by atoms with Gasteiger partial charge < -0.3 is 9.84 Å². The zero-order valence-electron chi connectivity index (χ0n) is 7.95. The smallest absolute Gasteiger partial charge is 0.422 e. The molecule has 0 unspecified atom stereocenters. The number of hydrogen-bond donors (Lipinski definition) is 1. The van der Waals surface area contributed by atoms with Gasteiger partial charge in [-0.15, -0.1) is 0 Å². The van der Waals surface area contributed by atoms with Crippen molar-refractivity contribution < 1.29 is 23.0 Å². The maximum absolute atomic E-state index is 11.9. The lowest BCUT2D eigenvalue weighted by Gasteiger charge is -2.11. The summed E-state index contributed by atoms with van der Waals surface area (Å²) < 4.78 is 40.1. The minimum atomic E-state index is -4.47. The highest BCUT2D eigenvalue weighted by molar-refractivity contribution is 5.50. The number of alkyl halides is 3. The lowest BCUT2D eigenvalue weighted by Crippen LogP contribution is -2.19. The van der Waals surface area contributed by atoms with Gasteiger partial charge in [0.15, 0.2) is 6.61 Å². The SMILES string of the molecule is N#Cc1c([CH]O)cccc1OCC(F)(F)F. The molecule has 0 aromatic heterocycles. The van der Waals surface area contributed by atoms with Gasteiger partial charge in [-0.2, -0.15) is 18.4 Å². The van der Waals surface area contributed by atoms with Crippen LogP contribution in [0.3, 0.4) is 0 Å². The van der Waals surface area contributed by atoms with Gasteiger partial charge in [0.2, 0.25) is 0 Å². The second-order valence-electron chi connectivity index (χ2n) is 2.87. The lowest BCUT2D eigenvalue weighted by atomic mass is 10.1. The number of rotatable bonds is 3. The molecule has 0 heterocycles. The van der Waals surface area contributed by atoms with Gasteiger partial charge in [-0.1, -0.05) is 12.1 Å². The standard InChI is InChI=1S/C10H7F3NO2/c11-10(12,13)6-16-9-3-1-2-7(5-15)8(9)4-14/h1-3,5,15H,6H2. The van der Waals surface area contributed by atoms with Crippen LogP contribution in [0.1, 0.15) is 11.1 Å². The fourth-order valence-electron chi connectivity index (χ4n) is 1.06. The van der Waals surface area contributed by atoms with Crippen LogP contribution in [0.25, 0.3) is 0 Å². The Balaban J connectivity index is 2.93. The van der Waals surface area contributed by atoms with E-state index in [0.717, 1.165) is 0 Å². The fourth-order valence-corrected chi connectivity index (χ4v) is 1.06. The van der Waals surface area contributed by atoms with E-state index in [9.17, 15) is 13.2 Å². The molecule has 0 saturated carbocycles. The molecule has 0 atom stereocenters. The number of ether oxygens (including phenoxy) is 1. The van der Waals surface area contributed by atoms with Crippen molar-refractivity contribution in [3.05, 3.63) is 35.9 Å². The first-order valence-corrected chi connectivity index (χ1v) is 4.18. The van der Waals surface area contributed by atoms with Crippen LogP contribution < -0.4 is 4.74 Å². The van der Waals surface area contributed by atoms with Crippen LogP contribution in [0.4, 0.5) is 13.2 Å². The van der Waals surface area contributed by atoms with Crippen molar-refractivity contribution in [2.75, 3.05) is 6.61 Å². The zero-order valence-corrected chi connectivity index (χ0v) is 7.95. The Kier molecular flexibility index (Phi) is 3.74. The predicted molar refractivity (Wildman–Crippen MR) is 48.0 cm³/mol. The van der Waals surface area contributed by atoms with Gasteiger partial charge in [0.05, 0.1) is 5.56 Å². The van der Waals surface area contributed by atoms with E-state index in [0.29, 0.717) is 6.61 Å². The molecule has 1 rings (SSSR count). The summed E-state index contributed by atoms with van der Waals surface area (Å²) in [7, 11) is 0. The van der Waals surface area contributed by atoms with Crippen LogP contribution in [-0.4, -0.2) is 17.9 Å². The minimum Gasteiger partial charge on any atom is -0.483 e. The summed E-state index contributed by atoms with van der Waals surface area (Å²) in [4.78, 5) is 0. The van der Waals surface area contributed by atoms with Crippen LogP contribution in [0, 0.1) is 17.9 Å². The van der Waals surface area contributed by atoms with E-state index in [1.54, 1.807) is 6.07 Å². The number of aliphatic hydroxyl groups is 1. The largest absolute Gasteiger partial charge is 0.483 e. The van der Waals surface area contributed by atoms with Crippen LogP contribution in [-0.2, 0) is 0 Å². The number of nitrogens with zero attached hydrogens (tertiary/aromatic N) is 1. The van der Waals surface area contributed by atoms with Crippen LogP contribution >= 0.6 is 0 Å². The molecule has 0 fully saturated rings. The average Bonchev–Trinajstić information content (AvgIpc) is 2.24. The Labute approximate surface area is 89.7 Å². The summed E-state index contributed by atoms with van der Waals surface area (Å²) in [6, 6.07) is 5.67. The normalized spacial score (nSPS) is 10.9. The van der Waals surface area contributed by atoms with Crippen molar-refractivity contribution in [1.29, 1.82) is 5.26 Å². The van der Waals surface area contributed by atoms with Gasteiger partial charge in [0.25, 0.3) is 0 Å². The topological polar surface area (TPSA) is 53.2 Å². The predicted octanol–water partition coefficient (Wildman–Crippen LogP) is 2.38. The second-order valence-corrected chi connectivity index (χ2v) is 2.87. The highest BCUT2D eigenvalue weighted by Crippen LogP contribution is 2.24. The van der Waals surface area contributed by atoms with Gasteiger partial charge in [-0.25, -0.2) is 0 Å². The molecule has 1 N–H and O–H groups in total. The molecule has 0 aliphatic rings. The number of halogens is 3. The molecule has 1 radical (unpaired) electrons. The molecule has 16 heavy (non-hydrogen) atoms. The zero-order chi connectivity index (χ0) is 12.2. The molecule has 0 spiro atoms. The van der Waals surface area contributed by atoms with Gasteiger partial charge in [0.1, 0.15) is 18.4 Å². The van der Waals surface area contributed by atoms with E-state index in [4.69, 9.17) is 10.4 Å². The van der Waals surface area contributed by atoms with E-state index in [2.05, 4.69) is 4.74 Å². The molecule has 0 bridgehead atoms. The van der Waals surface area contributed by atoms with Gasteiger partial charge in [0, 0.05) is 5.56 Å². The van der Waals surface area contributed by atoms with E-state index < -0.39 is 12.8 Å². The highest BCUT2D eigenvalue weighted by Gasteiger charge is 2.29. The molecule has 0 amide bonds. The molecule has 6 heteroatoms. The summed E-state index contributed by atoms with van der Waals surface area (Å²) in [5.41, 5.74) is -0.0172. The number of aliphatic hydroxyl groups excluding tert-OH is 1. The molecular formula is C10H7F3NO2. The van der Waals surface area contributed by atoms with Gasteiger partial charge in [-0.05, 0) is 6.07 Å². The molecule has 0 saturated heterocycles. The Bertz CT molecular complexity index is 410. The van der Waals surface area contributed by atoms with Crippen molar-refractivity contribution in [1.82, 2.24) is 0 Å². The summed E-state index contributed by atoms with van der Waals surface area (Å²) >= 11 is 0. The third-order valence-corrected chi connectivity index (χ3v) is 1.70. The monoisotopic (exact) mass is 230 g/mol. The summed E-state index contributed by atoms with van der Waals surface area (Å²) in [5.74, 6) is -0.206. The quantitative estimate of drug-likeness (QED) is 0.867. The Morgan fingerprint density at radius 3 is 2.62 bits per heavy atom. The van der Waals surface area contributed by atoms with E-state index in [1.165, 1.54) is 18.2 Å². The highest BCUT2D eigenvalue weighted by atomic mass is 19.4. The van der Waals surface area contributed by atoms with Crippen LogP contribution in [0.2, 0.25) is 0 Å². The Hall–Kier alpha value is -1.74. The third kappa shape index (κ3) is 3.14. The van der Waals surface area contributed by atoms with E-state index in [-0.39, 0.29) is 16.9 Å². The third-order valence-electron chi connectivity index (χ3n) is 1.70. The molecule has 3 nitrogen and oxygen atoms in total. The maximum atomic E-state index is 11.9. The number of hydrogen-bond acceptors (Lipinski definition) is 3. The van der Waals surface area contributed by atoms with Crippen molar-refractivity contribution in [2.24, 2.45) is 0 Å². The number of nitriles is 1. The first kappa shape index (κ1) is 12.3. The molecule has 1 aromatic carbocycles. The first-order valence-electron chi connectivity index (χ1n) is 4.18. The lowest BCUT2D eigenvalue weighted by molar-refractivity contribution is -0.153. The summed E-state index contributed by atoms with van der Waals surface area (Å²) in [6.45, 7) is -0.838. The van der Waals surface area contributed by atoms with Crippen molar-refractivity contribution in [3.8, 4) is 11.8 Å². The van der Waals surface area contributed by atoms with Crippen molar-refractivity contribution in [3.63, 3.8) is 0 Å². The molecular weight excluding hydrogens is 223 g/mol. The molecule has 0 aliphatic carbocycles. The van der Waals surface area contributed by atoms with Crippen molar-refractivity contribution >= 4 is 0 Å². The summed E-state index contributed by atoms with van der Waals surface area (Å²) in [5, 5.41) is 17.5. The van der Waals surface area contributed by atoms with Crippen LogP contribution in [0.15, 0.2) is 18.2 Å². The van der Waals surface area contributed by atoms with Gasteiger partial charge >= 0.3 is 6.18 Å². The molecule has 1 aromatic rings. The number of benzene rings is 1. The average molecular weight is 230 g/mol. The van der Waals surface area contributed by atoms with Crippen LogP contribution in [0.5, 0.6) is 5.75 Å². The minimum absolute atomic E-state index is 0.113. The molecule has 0 aliphatic heterocycles. The Morgan fingerprint density at radius 2 is 2.12 bits per heavy atom. The first-order chi connectivity index (χ1) is 7.48. The maximum Gasteiger partial charge on any atom is 0.422 e. The van der Waals surface area contributed by atoms with Gasteiger partial charge in [-0.3, -0.25) is 0 Å². The Morgan fingerprint density at radius 1 is 1.44 bits per heavy atom. The second kappa shape index (κ2) is 4.86. The summed E-state index contributed by atoms with van der Waals surface area (Å²) in [6.07, 6.45) is -4.47. The fraction of sp³-hybridized carbons (Fsp3) is 0.200. The van der Waals surface area contributed by atoms with Crippen molar-refractivity contribution in [2.45, 2.75) is 6.18 Å². The molecule has 85 valence electrons. The van der Waals surface area contributed by atoms with E-state index in [1.807, 2.05) is 0 Å². The van der Waals surface area contributed by atoms with E-state index >= 15 is 0 Å².